The Labute approximate surface area is 128 Å². The van der Waals surface area contributed by atoms with E-state index in [0.717, 1.165) is 30.8 Å². The minimum absolute atomic E-state index is 0.0971. The van der Waals surface area contributed by atoms with E-state index < -0.39 is 0 Å². The van der Waals surface area contributed by atoms with Gasteiger partial charge in [0.05, 0.1) is 12.2 Å². The molecule has 22 heavy (non-hydrogen) atoms. The topological polar surface area (TPSA) is 84.2 Å². The predicted molar refractivity (Wildman–Crippen MR) is 78.4 cm³/mol. The van der Waals surface area contributed by atoms with Crippen LogP contribution in [0.2, 0.25) is 0 Å². The van der Waals surface area contributed by atoms with Crippen molar-refractivity contribution in [1.82, 2.24) is 20.0 Å². The maximum Gasteiger partial charge on any atom is 0.276 e. The summed E-state index contributed by atoms with van der Waals surface area (Å²) in [7, 11) is 1.59. The van der Waals surface area contributed by atoms with Crippen LogP contribution >= 0.6 is 0 Å². The van der Waals surface area contributed by atoms with Gasteiger partial charge < -0.3 is 19.1 Å². The zero-order chi connectivity index (χ0) is 15.5. The number of rotatable bonds is 4. The average Bonchev–Trinajstić information content (AvgIpc) is 3.18. The SMILES string of the molecule is COCc1c(C(=O)N2CCCC(c3ncc[nH]3)C2)noc1C. The number of carbonyl (C=O) groups is 1. The Kier molecular flexibility index (Phi) is 4.24. The second-order valence-corrected chi connectivity index (χ2v) is 5.56. The van der Waals surface area contributed by atoms with Crippen molar-refractivity contribution in [3.05, 3.63) is 35.2 Å². The number of nitrogens with one attached hydrogen (secondary N) is 1. The number of aromatic amines is 1. The fraction of sp³-hybridized carbons (Fsp3) is 0.533. The zero-order valence-electron chi connectivity index (χ0n) is 12.8. The fourth-order valence-electron chi connectivity index (χ4n) is 2.91. The summed E-state index contributed by atoms with van der Waals surface area (Å²) in [6.07, 6.45) is 5.54. The lowest BCUT2D eigenvalue weighted by Crippen LogP contribution is -2.40. The molecule has 1 amide bonds. The predicted octanol–water partition coefficient (Wildman–Crippen LogP) is 1.87. The molecule has 118 valence electrons. The van der Waals surface area contributed by atoms with E-state index in [2.05, 4.69) is 15.1 Å². The Morgan fingerprint density at radius 2 is 2.45 bits per heavy atom. The van der Waals surface area contributed by atoms with Crippen molar-refractivity contribution in [3.8, 4) is 0 Å². The van der Waals surface area contributed by atoms with E-state index in [1.165, 1.54) is 0 Å². The van der Waals surface area contributed by atoms with Crippen LogP contribution in [-0.2, 0) is 11.3 Å². The highest BCUT2D eigenvalue weighted by Gasteiger charge is 2.30. The number of hydrogen-bond donors (Lipinski definition) is 1. The highest BCUT2D eigenvalue weighted by Crippen LogP contribution is 2.26. The third-order valence-corrected chi connectivity index (χ3v) is 4.09. The highest BCUT2D eigenvalue weighted by atomic mass is 16.5. The highest BCUT2D eigenvalue weighted by molar-refractivity contribution is 5.93. The normalized spacial score (nSPS) is 18.6. The molecule has 1 saturated heterocycles. The van der Waals surface area contributed by atoms with Gasteiger partial charge in [0, 0.05) is 38.5 Å². The summed E-state index contributed by atoms with van der Waals surface area (Å²) in [4.78, 5) is 22.0. The molecule has 1 unspecified atom stereocenters. The van der Waals surface area contributed by atoms with Crippen molar-refractivity contribution in [2.24, 2.45) is 0 Å². The first-order valence-electron chi connectivity index (χ1n) is 7.43. The molecule has 0 aromatic carbocycles. The number of piperidine rings is 1. The summed E-state index contributed by atoms with van der Waals surface area (Å²) in [5, 5.41) is 3.93. The third-order valence-electron chi connectivity index (χ3n) is 4.09. The number of likely N-dealkylation sites (tertiary alicyclic amines) is 1. The quantitative estimate of drug-likeness (QED) is 0.932. The maximum absolute atomic E-state index is 12.7. The van der Waals surface area contributed by atoms with Gasteiger partial charge in [-0.25, -0.2) is 4.98 Å². The molecular formula is C15H20N4O3. The molecular weight excluding hydrogens is 284 g/mol. The Morgan fingerprint density at radius 1 is 1.59 bits per heavy atom. The molecule has 1 N–H and O–H groups in total. The van der Waals surface area contributed by atoms with Crippen LogP contribution in [0, 0.1) is 6.92 Å². The molecule has 0 radical (unpaired) electrons. The van der Waals surface area contributed by atoms with E-state index in [-0.39, 0.29) is 11.8 Å². The molecule has 1 aliphatic rings. The first-order valence-corrected chi connectivity index (χ1v) is 7.43. The van der Waals surface area contributed by atoms with E-state index in [0.29, 0.717) is 24.6 Å². The van der Waals surface area contributed by atoms with Gasteiger partial charge in [-0.1, -0.05) is 5.16 Å². The number of imidazole rings is 1. The number of methoxy groups -OCH3 is 1. The summed E-state index contributed by atoms with van der Waals surface area (Å²) < 4.78 is 10.3. The smallest absolute Gasteiger partial charge is 0.276 e. The first kappa shape index (κ1) is 14.8. The van der Waals surface area contributed by atoms with Crippen molar-refractivity contribution in [2.45, 2.75) is 32.3 Å². The molecule has 0 aliphatic carbocycles. The maximum atomic E-state index is 12.7. The van der Waals surface area contributed by atoms with Gasteiger partial charge in [0.15, 0.2) is 5.69 Å². The molecule has 3 heterocycles. The monoisotopic (exact) mass is 304 g/mol. The van der Waals surface area contributed by atoms with Gasteiger partial charge in [0.25, 0.3) is 5.91 Å². The average molecular weight is 304 g/mol. The third kappa shape index (κ3) is 2.76. The van der Waals surface area contributed by atoms with Crippen LogP contribution < -0.4 is 0 Å². The van der Waals surface area contributed by atoms with Crippen LogP contribution in [0.1, 0.15) is 46.4 Å². The molecule has 1 atom stereocenters. The number of carbonyl (C=O) groups excluding carboxylic acids is 1. The Morgan fingerprint density at radius 3 is 3.18 bits per heavy atom. The van der Waals surface area contributed by atoms with E-state index in [1.54, 1.807) is 20.2 Å². The van der Waals surface area contributed by atoms with E-state index in [4.69, 9.17) is 9.26 Å². The Hall–Kier alpha value is -2.15. The summed E-state index contributed by atoms with van der Waals surface area (Å²) in [5.74, 6) is 1.71. The molecule has 7 heteroatoms. The molecule has 2 aromatic rings. The minimum Gasteiger partial charge on any atom is -0.380 e. The molecule has 7 nitrogen and oxygen atoms in total. The van der Waals surface area contributed by atoms with Crippen molar-refractivity contribution in [2.75, 3.05) is 20.2 Å². The first-order chi connectivity index (χ1) is 10.7. The van der Waals surface area contributed by atoms with Gasteiger partial charge in [-0.05, 0) is 19.8 Å². The summed E-state index contributed by atoms with van der Waals surface area (Å²) in [5.41, 5.74) is 1.09. The number of hydrogen-bond acceptors (Lipinski definition) is 5. The lowest BCUT2D eigenvalue weighted by Gasteiger charge is -2.31. The van der Waals surface area contributed by atoms with E-state index in [1.807, 2.05) is 11.1 Å². The minimum atomic E-state index is -0.0971. The number of ether oxygens (including phenoxy) is 1. The molecule has 2 aromatic heterocycles. The van der Waals surface area contributed by atoms with Crippen molar-refractivity contribution in [1.29, 1.82) is 0 Å². The fourth-order valence-corrected chi connectivity index (χ4v) is 2.91. The van der Waals surface area contributed by atoms with Gasteiger partial charge in [0.2, 0.25) is 0 Å². The second-order valence-electron chi connectivity index (χ2n) is 5.56. The van der Waals surface area contributed by atoms with Crippen LogP contribution in [0.4, 0.5) is 0 Å². The van der Waals surface area contributed by atoms with Gasteiger partial charge in [-0.3, -0.25) is 4.79 Å². The number of amides is 1. The Bertz CT molecular complexity index is 635. The van der Waals surface area contributed by atoms with Gasteiger partial charge >= 0.3 is 0 Å². The van der Waals surface area contributed by atoms with Crippen LogP contribution in [0.5, 0.6) is 0 Å². The van der Waals surface area contributed by atoms with Crippen molar-refractivity contribution in [3.63, 3.8) is 0 Å². The van der Waals surface area contributed by atoms with Crippen LogP contribution in [0.15, 0.2) is 16.9 Å². The number of aromatic nitrogens is 3. The van der Waals surface area contributed by atoms with Gasteiger partial charge in [0.1, 0.15) is 11.6 Å². The molecule has 3 rings (SSSR count). The van der Waals surface area contributed by atoms with E-state index >= 15 is 0 Å². The summed E-state index contributed by atoms with van der Waals surface area (Å²) in [6.45, 7) is 3.49. The molecule has 0 bridgehead atoms. The molecule has 1 aliphatic heterocycles. The van der Waals surface area contributed by atoms with Crippen LogP contribution in [0.3, 0.4) is 0 Å². The van der Waals surface area contributed by atoms with E-state index in [9.17, 15) is 4.79 Å². The van der Waals surface area contributed by atoms with Crippen molar-refractivity contribution >= 4 is 5.91 Å². The summed E-state index contributed by atoms with van der Waals surface area (Å²) >= 11 is 0. The lowest BCUT2D eigenvalue weighted by atomic mass is 9.97. The zero-order valence-corrected chi connectivity index (χ0v) is 12.8. The number of nitrogens with zero attached hydrogens (tertiary/aromatic N) is 3. The van der Waals surface area contributed by atoms with Gasteiger partial charge in [-0.2, -0.15) is 0 Å². The standard InChI is InChI=1S/C15H20N4O3/c1-10-12(9-21-2)13(18-22-10)15(20)19-7-3-4-11(8-19)14-16-5-6-17-14/h5-6,11H,3-4,7-9H2,1-2H3,(H,16,17). The Balaban J connectivity index is 1.77. The van der Waals surface area contributed by atoms with Crippen LogP contribution in [0.25, 0.3) is 0 Å². The van der Waals surface area contributed by atoms with Crippen molar-refractivity contribution < 1.29 is 14.1 Å². The number of aryl methyl sites for hydroxylation is 1. The number of H-pyrrole nitrogens is 1. The molecule has 0 spiro atoms. The van der Waals surface area contributed by atoms with Crippen LogP contribution in [-0.4, -0.2) is 46.1 Å². The second kappa shape index (κ2) is 6.31. The molecule has 1 fully saturated rings. The summed E-state index contributed by atoms with van der Waals surface area (Å²) in [6, 6.07) is 0. The largest absolute Gasteiger partial charge is 0.380 e. The molecule has 0 saturated carbocycles. The van der Waals surface area contributed by atoms with Gasteiger partial charge in [-0.15, -0.1) is 0 Å². The lowest BCUT2D eigenvalue weighted by molar-refractivity contribution is 0.0690.